The van der Waals surface area contributed by atoms with Gasteiger partial charge in [0.15, 0.2) is 0 Å². The summed E-state index contributed by atoms with van der Waals surface area (Å²) in [6.07, 6.45) is 0.300. The van der Waals surface area contributed by atoms with Gasteiger partial charge in [0.2, 0.25) is 0 Å². The number of carbonyl (C=O) groups is 1. The van der Waals surface area contributed by atoms with Crippen molar-refractivity contribution in [3.63, 3.8) is 0 Å². The summed E-state index contributed by atoms with van der Waals surface area (Å²) in [6.45, 7) is 4.76. The molecule has 100 valence electrons. The monoisotopic (exact) mass is 251 g/mol. The maximum atomic E-state index is 11.6. The van der Waals surface area contributed by atoms with Gasteiger partial charge in [-0.15, -0.1) is 0 Å². The first-order valence-corrected chi connectivity index (χ1v) is 6.27. The van der Waals surface area contributed by atoms with Crippen LogP contribution in [-0.4, -0.2) is 26.2 Å². The molecule has 1 N–H and O–H groups in total. The lowest BCUT2D eigenvalue weighted by Crippen LogP contribution is -2.22. The standard InChI is InChI=1S/C14H21NO3/c1-4-17-13-9-7-6-8-11(13)12(15-3)10-14(16)18-5-2/h6-9,12,15H,4-5,10H2,1-3H3. The summed E-state index contributed by atoms with van der Waals surface area (Å²) in [6, 6.07) is 7.64. The normalized spacial score (nSPS) is 11.9. The Kier molecular flexibility index (Phi) is 6.22. The average molecular weight is 251 g/mol. The Balaban J connectivity index is 2.83. The van der Waals surface area contributed by atoms with E-state index in [2.05, 4.69) is 5.32 Å². The van der Waals surface area contributed by atoms with E-state index in [9.17, 15) is 4.79 Å². The second-order valence-corrected chi connectivity index (χ2v) is 3.82. The summed E-state index contributed by atoms with van der Waals surface area (Å²) < 4.78 is 10.5. The van der Waals surface area contributed by atoms with E-state index in [0.29, 0.717) is 19.6 Å². The summed E-state index contributed by atoms with van der Waals surface area (Å²) in [5, 5.41) is 3.13. The van der Waals surface area contributed by atoms with E-state index in [4.69, 9.17) is 9.47 Å². The molecule has 1 aromatic rings. The molecule has 0 aliphatic heterocycles. The number of rotatable bonds is 7. The van der Waals surface area contributed by atoms with Gasteiger partial charge in [0.25, 0.3) is 0 Å². The molecule has 1 unspecified atom stereocenters. The Bertz CT molecular complexity index is 379. The lowest BCUT2D eigenvalue weighted by molar-refractivity contribution is -0.143. The molecule has 0 aliphatic rings. The second kappa shape index (κ2) is 7.71. The fraction of sp³-hybridized carbons (Fsp3) is 0.500. The highest BCUT2D eigenvalue weighted by molar-refractivity contribution is 5.70. The summed E-state index contributed by atoms with van der Waals surface area (Å²) in [4.78, 5) is 11.6. The third-order valence-corrected chi connectivity index (χ3v) is 2.62. The van der Waals surface area contributed by atoms with Gasteiger partial charge in [-0.1, -0.05) is 18.2 Å². The van der Waals surface area contributed by atoms with Crippen molar-refractivity contribution in [2.24, 2.45) is 0 Å². The summed E-state index contributed by atoms with van der Waals surface area (Å²) in [5.74, 6) is 0.604. The van der Waals surface area contributed by atoms with Gasteiger partial charge in [0.1, 0.15) is 5.75 Å². The van der Waals surface area contributed by atoms with E-state index >= 15 is 0 Å². The molecule has 0 aliphatic carbocycles. The van der Waals surface area contributed by atoms with Gasteiger partial charge in [-0.3, -0.25) is 4.79 Å². The van der Waals surface area contributed by atoms with Crippen molar-refractivity contribution < 1.29 is 14.3 Å². The van der Waals surface area contributed by atoms with Crippen LogP contribution < -0.4 is 10.1 Å². The molecule has 0 amide bonds. The van der Waals surface area contributed by atoms with Crippen molar-refractivity contribution in [2.45, 2.75) is 26.3 Å². The Hall–Kier alpha value is -1.55. The molecule has 0 fully saturated rings. The molecule has 4 heteroatoms. The van der Waals surface area contributed by atoms with E-state index in [1.165, 1.54) is 0 Å². The van der Waals surface area contributed by atoms with E-state index in [0.717, 1.165) is 11.3 Å². The third-order valence-electron chi connectivity index (χ3n) is 2.62. The largest absolute Gasteiger partial charge is 0.494 e. The van der Waals surface area contributed by atoms with Crippen LogP contribution in [0, 0.1) is 0 Å². The molecule has 1 atom stereocenters. The third kappa shape index (κ3) is 4.04. The van der Waals surface area contributed by atoms with Crippen LogP contribution in [0.5, 0.6) is 5.75 Å². The minimum atomic E-state index is -0.205. The molecule has 18 heavy (non-hydrogen) atoms. The van der Waals surface area contributed by atoms with E-state index < -0.39 is 0 Å². The average Bonchev–Trinajstić information content (AvgIpc) is 2.37. The molecule has 0 saturated carbocycles. The van der Waals surface area contributed by atoms with Crippen molar-refractivity contribution in [3.05, 3.63) is 29.8 Å². The minimum absolute atomic E-state index is 0.0909. The molecule has 0 radical (unpaired) electrons. The quantitative estimate of drug-likeness (QED) is 0.755. The van der Waals surface area contributed by atoms with Crippen LogP contribution in [0.4, 0.5) is 0 Å². The minimum Gasteiger partial charge on any atom is -0.494 e. The van der Waals surface area contributed by atoms with E-state index in [-0.39, 0.29) is 12.0 Å². The van der Waals surface area contributed by atoms with Crippen LogP contribution in [0.2, 0.25) is 0 Å². The second-order valence-electron chi connectivity index (χ2n) is 3.82. The topological polar surface area (TPSA) is 47.6 Å². The van der Waals surface area contributed by atoms with Gasteiger partial charge in [0, 0.05) is 11.6 Å². The van der Waals surface area contributed by atoms with Crippen LogP contribution in [0.25, 0.3) is 0 Å². The Morgan fingerprint density at radius 2 is 2.00 bits per heavy atom. The zero-order valence-corrected chi connectivity index (χ0v) is 11.2. The number of benzene rings is 1. The van der Waals surface area contributed by atoms with Crippen molar-refractivity contribution in [1.82, 2.24) is 5.32 Å². The van der Waals surface area contributed by atoms with Crippen LogP contribution in [0.1, 0.15) is 31.9 Å². The van der Waals surface area contributed by atoms with Crippen LogP contribution in [0.3, 0.4) is 0 Å². The first-order chi connectivity index (χ1) is 8.72. The van der Waals surface area contributed by atoms with Crippen molar-refractivity contribution in [2.75, 3.05) is 20.3 Å². The molecule has 0 bridgehead atoms. The number of para-hydroxylation sites is 1. The molecule has 4 nitrogen and oxygen atoms in total. The van der Waals surface area contributed by atoms with E-state index in [1.807, 2.05) is 38.2 Å². The molecule has 0 spiro atoms. The Morgan fingerprint density at radius 3 is 2.61 bits per heavy atom. The highest BCUT2D eigenvalue weighted by atomic mass is 16.5. The SMILES string of the molecule is CCOC(=O)CC(NC)c1ccccc1OCC. The number of hydrogen-bond acceptors (Lipinski definition) is 4. The highest BCUT2D eigenvalue weighted by Crippen LogP contribution is 2.27. The number of esters is 1. The summed E-state index contributed by atoms with van der Waals surface area (Å²) in [5.41, 5.74) is 0.981. The fourth-order valence-electron chi connectivity index (χ4n) is 1.81. The predicted molar refractivity (Wildman–Crippen MR) is 70.7 cm³/mol. The highest BCUT2D eigenvalue weighted by Gasteiger charge is 2.18. The lowest BCUT2D eigenvalue weighted by Gasteiger charge is -2.19. The van der Waals surface area contributed by atoms with Gasteiger partial charge in [0.05, 0.1) is 19.6 Å². The van der Waals surface area contributed by atoms with Crippen molar-refractivity contribution >= 4 is 5.97 Å². The van der Waals surface area contributed by atoms with Crippen LogP contribution >= 0.6 is 0 Å². The molecule has 0 heterocycles. The molecule has 0 saturated heterocycles. The Labute approximate surface area is 108 Å². The molecule has 0 aromatic heterocycles. The molecule has 1 rings (SSSR count). The fourth-order valence-corrected chi connectivity index (χ4v) is 1.81. The zero-order valence-electron chi connectivity index (χ0n) is 11.2. The van der Waals surface area contributed by atoms with Gasteiger partial charge in [-0.2, -0.15) is 0 Å². The molecule has 1 aromatic carbocycles. The van der Waals surface area contributed by atoms with Crippen molar-refractivity contribution in [1.29, 1.82) is 0 Å². The van der Waals surface area contributed by atoms with Gasteiger partial charge < -0.3 is 14.8 Å². The maximum Gasteiger partial charge on any atom is 0.307 e. The van der Waals surface area contributed by atoms with E-state index in [1.54, 1.807) is 6.92 Å². The number of nitrogens with one attached hydrogen (secondary N) is 1. The number of hydrogen-bond donors (Lipinski definition) is 1. The molecular formula is C14H21NO3. The number of carbonyl (C=O) groups excluding carboxylic acids is 1. The first kappa shape index (κ1) is 14.5. The van der Waals surface area contributed by atoms with Crippen molar-refractivity contribution in [3.8, 4) is 5.75 Å². The van der Waals surface area contributed by atoms with Gasteiger partial charge >= 0.3 is 5.97 Å². The predicted octanol–water partition coefficient (Wildman–Crippen LogP) is 2.30. The van der Waals surface area contributed by atoms with Crippen LogP contribution in [0.15, 0.2) is 24.3 Å². The Morgan fingerprint density at radius 1 is 1.28 bits per heavy atom. The van der Waals surface area contributed by atoms with Crippen LogP contribution in [-0.2, 0) is 9.53 Å². The summed E-state index contributed by atoms with van der Waals surface area (Å²) in [7, 11) is 1.83. The first-order valence-electron chi connectivity index (χ1n) is 6.27. The molecular weight excluding hydrogens is 230 g/mol. The lowest BCUT2D eigenvalue weighted by atomic mass is 10.0. The van der Waals surface area contributed by atoms with Gasteiger partial charge in [-0.05, 0) is 27.0 Å². The maximum absolute atomic E-state index is 11.6. The number of ether oxygens (including phenoxy) is 2. The zero-order chi connectivity index (χ0) is 13.4. The van der Waals surface area contributed by atoms with Gasteiger partial charge in [-0.25, -0.2) is 0 Å². The smallest absolute Gasteiger partial charge is 0.307 e. The summed E-state index contributed by atoms with van der Waals surface area (Å²) >= 11 is 0.